The fourth-order valence-electron chi connectivity index (χ4n) is 6.34. The van der Waals surface area contributed by atoms with E-state index in [2.05, 4.69) is 26.1 Å². The molecule has 0 spiro atoms. The van der Waals surface area contributed by atoms with Gasteiger partial charge in [-0.15, -0.1) is 0 Å². The smallest absolute Gasteiger partial charge is 0.252 e. The highest BCUT2D eigenvalue weighted by molar-refractivity contribution is 7.91. The molecule has 0 bridgehead atoms. The summed E-state index contributed by atoms with van der Waals surface area (Å²) < 4.78 is 31.5. The van der Waals surface area contributed by atoms with Crippen molar-refractivity contribution in [1.29, 1.82) is 0 Å². The first-order valence-electron chi connectivity index (χ1n) is 13.0. The van der Waals surface area contributed by atoms with Gasteiger partial charge in [-0.25, -0.2) is 18.1 Å². The summed E-state index contributed by atoms with van der Waals surface area (Å²) in [7, 11) is -1.50. The number of hydrogen-bond donors (Lipinski definition) is 1. The lowest BCUT2D eigenvalue weighted by Crippen LogP contribution is -2.43. The van der Waals surface area contributed by atoms with Crippen LogP contribution in [0.4, 0.5) is 0 Å². The number of carbonyl (C=O) groups is 1. The summed E-state index contributed by atoms with van der Waals surface area (Å²) >= 11 is 0. The highest BCUT2D eigenvalue weighted by Gasteiger charge is 2.35. The summed E-state index contributed by atoms with van der Waals surface area (Å²) in [5, 5.41) is 8.71. The van der Waals surface area contributed by atoms with Crippen LogP contribution in [-0.4, -0.2) is 53.7 Å². The first-order valence-corrected chi connectivity index (χ1v) is 14.8. The standard InChI is InChI=1S/C28H36N4O4S/c1-17-12-20(15-28(3,4)14-17)29-27(33)23-13-24(19-6-8-22(36-5)9-7-19)30-26-25(23)18(2)31-32(26)21-10-11-37(34,35)16-21/h6-9,13,17,20-21H,10-12,14-16H2,1-5H3,(H,29,33). The maximum atomic E-state index is 13.8. The molecular weight excluding hydrogens is 488 g/mol. The lowest BCUT2D eigenvalue weighted by Gasteiger charge is -2.39. The zero-order valence-corrected chi connectivity index (χ0v) is 23.1. The van der Waals surface area contributed by atoms with Gasteiger partial charge in [0, 0.05) is 11.6 Å². The number of nitrogens with zero attached hydrogens (tertiary/aromatic N) is 3. The maximum Gasteiger partial charge on any atom is 0.252 e. The third-order valence-corrected chi connectivity index (χ3v) is 9.49. The molecule has 9 heteroatoms. The number of hydrogen-bond acceptors (Lipinski definition) is 6. The molecule has 3 atom stereocenters. The molecule has 3 aromatic rings. The second-order valence-electron chi connectivity index (χ2n) is 11.7. The molecule has 198 valence electrons. The molecule has 2 aromatic heterocycles. The molecule has 1 saturated carbocycles. The predicted octanol–water partition coefficient (Wildman–Crippen LogP) is 4.72. The van der Waals surface area contributed by atoms with E-state index in [4.69, 9.17) is 14.8 Å². The quantitative estimate of drug-likeness (QED) is 0.518. The Morgan fingerprint density at radius 2 is 1.92 bits per heavy atom. The van der Waals surface area contributed by atoms with E-state index in [0.29, 0.717) is 40.3 Å². The number of sulfone groups is 1. The van der Waals surface area contributed by atoms with Crippen LogP contribution in [0.25, 0.3) is 22.3 Å². The van der Waals surface area contributed by atoms with Gasteiger partial charge in [0.15, 0.2) is 15.5 Å². The Bertz CT molecular complexity index is 1440. The third kappa shape index (κ3) is 5.23. The molecule has 3 unspecified atom stereocenters. The number of amides is 1. The number of nitrogens with one attached hydrogen (secondary N) is 1. The van der Waals surface area contributed by atoms with Gasteiger partial charge in [0.2, 0.25) is 0 Å². The summed E-state index contributed by atoms with van der Waals surface area (Å²) in [6.45, 7) is 8.63. The monoisotopic (exact) mass is 524 g/mol. The highest BCUT2D eigenvalue weighted by atomic mass is 32.2. The van der Waals surface area contributed by atoms with Crippen molar-refractivity contribution in [2.24, 2.45) is 11.3 Å². The van der Waals surface area contributed by atoms with E-state index in [9.17, 15) is 13.2 Å². The molecule has 37 heavy (non-hydrogen) atoms. The van der Waals surface area contributed by atoms with E-state index in [1.807, 2.05) is 37.3 Å². The van der Waals surface area contributed by atoms with Crippen molar-refractivity contribution >= 4 is 26.8 Å². The van der Waals surface area contributed by atoms with E-state index in [1.54, 1.807) is 11.8 Å². The first-order chi connectivity index (χ1) is 17.4. The first kappa shape index (κ1) is 25.7. The van der Waals surface area contributed by atoms with E-state index in [1.165, 1.54) is 0 Å². The fraction of sp³-hybridized carbons (Fsp3) is 0.536. The van der Waals surface area contributed by atoms with Crippen LogP contribution in [0.2, 0.25) is 0 Å². The van der Waals surface area contributed by atoms with Crippen LogP contribution in [0.1, 0.15) is 68.5 Å². The van der Waals surface area contributed by atoms with Gasteiger partial charge in [-0.1, -0.05) is 20.8 Å². The Labute approximate surface area is 218 Å². The van der Waals surface area contributed by atoms with Gasteiger partial charge in [-0.3, -0.25) is 4.79 Å². The van der Waals surface area contributed by atoms with Gasteiger partial charge < -0.3 is 10.1 Å². The molecule has 1 aliphatic carbocycles. The third-order valence-electron chi connectivity index (χ3n) is 7.74. The van der Waals surface area contributed by atoms with E-state index in [-0.39, 0.29) is 34.9 Å². The average Bonchev–Trinajstić information content (AvgIpc) is 3.35. The van der Waals surface area contributed by atoms with Gasteiger partial charge in [-0.2, -0.15) is 5.10 Å². The molecule has 8 nitrogen and oxygen atoms in total. The van der Waals surface area contributed by atoms with Crippen LogP contribution in [0.15, 0.2) is 30.3 Å². The summed E-state index contributed by atoms with van der Waals surface area (Å²) in [6, 6.07) is 9.17. The van der Waals surface area contributed by atoms with E-state index in [0.717, 1.165) is 30.6 Å². The number of rotatable bonds is 5. The molecule has 1 saturated heterocycles. The number of fused-ring (bicyclic) bond motifs is 1. The van der Waals surface area contributed by atoms with Crippen molar-refractivity contribution in [2.45, 2.75) is 65.5 Å². The molecule has 2 fully saturated rings. The van der Waals surface area contributed by atoms with Gasteiger partial charge in [0.05, 0.1) is 47.0 Å². The second-order valence-corrected chi connectivity index (χ2v) is 13.9. The van der Waals surface area contributed by atoms with Crippen molar-refractivity contribution in [1.82, 2.24) is 20.1 Å². The Kier molecular flexibility index (Phi) is 6.54. The van der Waals surface area contributed by atoms with Gasteiger partial charge >= 0.3 is 0 Å². The number of aryl methyl sites for hydroxylation is 1. The molecule has 1 aromatic carbocycles. The molecule has 1 aliphatic heterocycles. The van der Waals surface area contributed by atoms with Crippen LogP contribution in [-0.2, 0) is 9.84 Å². The molecule has 3 heterocycles. The summed E-state index contributed by atoms with van der Waals surface area (Å²) in [4.78, 5) is 18.7. The van der Waals surface area contributed by atoms with Crippen molar-refractivity contribution in [3.63, 3.8) is 0 Å². The zero-order chi connectivity index (χ0) is 26.5. The zero-order valence-electron chi connectivity index (χ0n) is 22.2. The van der Waals surface area contributed by atoms with Crippen LogP contribution < -0.4 is 10.1 Å². The normalized spacial score (nSPS) is 24.7. The molecule has 5 rings (SSSR count). The lowest BCUT2D eigenvalue weighted by molar-refractivity contribution is 0.0875. The van der Waals surface area contributed by atoms with Crippen LogP contribution in [0.5, 0.6) is 5.75 Å². The van der Waals surface area contributed by atoms with Crippen molar-refractivity contribution in [3.05, 3.63) is 41.6 Å². The number of pyridine rings is 1. The maximum absolute atomic E-state index is 13.8. The van der Waals surface area contributed by atoms with Gasteiger partial charge in [0.1, 0.15) is 5.75 Å². The van der Waals surface area contributed by atoms with Crippen LogP contribution in [0, 0.1) is 18.3 Å². The number of benzene rings is 1. The largest absolute Gasteiger partial charge is 0.497 e. The molecule has 0 radical (unpaired) electrons. The lowest BCUT2D eigenvalue weighted by atomic mass is 9.70. The minimum Gasteiger partial charge on any atom is -0.497 e. The topological polar surface area (TPSA) is 103 Å². The minimum atomic E-state index is -3.12. The molecule has 1 amide bonds. The number of aromatic nitrogens is 3. The SMILES string of the molecule is COc1ccc(-c2cc(C(=O)NC3CC(C)CC(C)(C)C3)c3c(C)nn(C4CCS(=O)(=O)C4)c3n2)cc1. The number of methoxy groups -OCH3 is 1. The Hall–Kier alpha value is -2.94. The van der Waals surface area contributed by atoms with Crippen molar-refractivity contribution in [3.8, 4) is 17.0 Å². The Morgan fingerprint density at radius 1 is 1.19 bits per heavy atom. The molecular formula is C28H36N4O4S. The summed E-state index contributed by atoms with van der Waals surface area (Å²) in [5.41, 5.74) is 3.40. The van der Waals surface area contributed by atoms with E-state index < -0.39 is 9.84 Å². The summed E-state index contributed by atoms with van der Waals surface area (Å²) in [5.74, 6) is 1.30. The van der Waals surface area contributed by atoms with Gasteiger partial charge in [-0.05, 0) is 74.3 Å². The van der Waals surface area contributed by atoms with Crippen LogP contribution >= 0.6 is 0 Å². The number of carbonyl (C=O) groups excluding carboxylic acids is 1. The second kappa shape index (κ2) is 9.42. The number of ether oxygens (including phenoxy) is 1. The van der Waals surface area contributed by atoms with Gasteiger partial charge in [0.25, 0.3) is 5.91 Å². The van der Waals surface area contributed by atoms with Crippen molar-refractivity contribution in [2.75, 3.05) is 18.6 Å². The fourth-order valence-corrected chi connectivity index (χ4v) is 8.04. The highest BCUT2D eigenvalue weighted by Crippen LogP contribution is 2.39. The van der Waals surface area contributed by atoms with Crippen molar-refractivity contribution < 1.29 is 17.9 Å². The molecule has 1 N–H and O–H groups in total. The molecule has 2 aliphatic rings. The minimum absolute atomic E-state index is 0.0360. The summed E-state index contributed by atoms with van der Waals surface area (Å²) in [6.07, 6.45) is 3.52. The average molecular weight is 525 g/mol. The Morgan fingerprint density at radius 3 is 2.54 bits per heavy atom. The van der Waals surface area contributed by atoms with E-state index >= 15 is 0 Å². The Balaban J connectivity index is 1.60. The predicted molar refractivity (Wildman–Crippen MR) is 145 cm³/mol. The van der Waals surface area contributed by atoms with Crippen LogP contribution in [0.3, 0.4) is 0 Å².